The van der Waals surface area contributed by atoms with Crippen LogP contribution in [0.5, 0.6) is 0 Å². The summed E-state index contributed by atoms with van der Waals surface area (Å²) < 4.78 is 47.3. The van der Waals surface area contributed by atoms with Crippen LogP contribution in [0.3, 0.4) is 0 Å². The minimum Gasteiger partial charge on any atom is -0.455 e. The summed E-state index contributed by atoms with van der Waals surface area (Å²) in [6.07, 6.45) is -2.67. The molecule has 0 aliphatic rings. The summed E-state index contributed by atoms with van der Waals surface area (Å²) in [5.74, 6) is 0. The number of aryl methyl sites for hydroxylation is 1. The fraction of sp³-hybridized carbons (Fsp3) is 0.0800. The monoisotopic (exact) mass is 433 g/mol. The Kier molecular flexibility index (Phi) is 3.74. The van der Waals surface area contributed by atoms with E-state index in [1.807, 2.05) is 49.4 Å². The van der Waals surface area contributed by atoms with E-state index in [4.69, 9.17) is 4.42 Å². The minimum absolute atomic E-state index is 0.589. The van der Waals surface area contributed by atoms with Crippen LogP contribution in [0.4, 0.5) is 13.2 Å². The Balaban J connectivity index is 1.66. The Bertz CT molecular complexity index is 1640. The van der Waals surface area contributed by atoms with Gasteiger partial charge in [-0.3, -0.25) is 4.98 Å². The second-order valence-electron chi connectivity index (χ2n) is 7.63. The maximum absolute atomic E-state index is 13.2. The lowest BCUT2D eigenvalue weighted by atomic mass is 10.0. The van der Waals surface area contributed by atoms with Gasteiger partial charge in [-0.15, -0.1) is 11.3 Å². The van der Waals surface area contributed by atoms with E-state index in [9.17, 15) is 13.2 Å². The third kappa shape index (κ3) is 2.75. The molecule has 6 rings (SSSR count). The molecule has 2 nitrogen and oxygen atoms in total. The zero-order valence-electron chi connectivity index (χ0n) is 16.2. The van der Waals surface area contributed by atoms with Crippen LogP contribution in [-0.2, 0) is 6.18 Å². The Hall–Kier alpha value is -3.38. The van der Waals surface area contributed by atoms with Crippen molar-refractivity contribution in [2.24, 2.45) is 0 Å². The molecule has 0 amide bonds. The number of fused-ring (bicyclic) bond motifs is 6. The second-order valence-corrected chi connectivity index (χ2v) is 8.68. The van der Waals surface area contributed by atoms with Crippen molar-refractivity contribution in [3.8, 4) is 11.3 Å². The van der Waals surface area contributed by atoms with Gasteiger partial charge in [-0.1, -0.05) is 30.3 Å². The van der Waals surface area contributed by atoms with Gasteiger partial charge < -0.3 is 4.42 Å². The fourth-order valence-corrected chi connectivity index (χ4v) is 5.40. The number of hydrogen-bond acceptors (Lipinski definition) is 3. The van der Waals surface area contributed by atoms with Crippen molar-refractivity contribution in [2.75, 3.05) is 0 Å². The summed E-state index contributed by atoms with van der Waals surface area (Å²) in [6, 6.07) is 17.8. The van der Waals surface area contributed by atoms with Gasteiger partial charge in [0.2, 0.25) is 0 Å². The average molecular weight is 433 g/mol. The third-order valence-electron chi connectivity index (χ3n) is 5.63. The maximum atomic E-state index is 13.2. The highest BCUT2D eigenvalue weighted by Crippen LogP contribution is 2.43. The molecule has 0 aliphatic carbocycles. The Morgan fingerprint density at radius 2 is 1.71 bits per heavy atom. The van der Waals surface area contributed by atoms with Gasteiger partial charge >= 0.3 is 6.18 Å². The van der Waals surface area contributed by atoms with Gasteiger partial charge in [-0.2, -0.15) is 13.2 Å². The number of rotatable bonds is 1. The Morgan fingerprint density at radius 3 is 2.55 bits per heavy atom. The minimum atomic E-state index is -4.37. The van der Waals surface area contributed by atoms with Crippen LogP contribution in [0.25, 0.3) is 53.4 Å². The number of halogens is 3. The molecule has 0 fully saturated rings. The molecule has 0 atom stereocenters. The van der Waals surface area contributed by atoms with Crippen LogP contribution in [0, 0.1) is 6.92 Å². The van der Waals surface area contributed by atoms with E-state index in [-0.39, 0.29) is 0 Å². The second kappa shape index (κ2) is 6.31. The number of furan rings is 1. The predicted molar refractivity (Wildman–Crippen MR) is 120 cm³/mol. The molecule has 0 radical (unpaired) electrons. The summed E-state index contributed by atoms with van der Waals surface area (Å²) in [7, 11) is 0. The van der Waals surface area contributed by atoms with Gasteiger partial charge in [-0.25, -0.2) is 0 Å². The van der Waals surface area contributed by atoms with Gasteiger partial charge in [-0.05, 0) is 42.8 Å². The summed E-state index contributed by atoms with van der Waals surface area (Å²) in [6.45, 7) is 2.02. The fourth-order valence-electron chi connectivity index (χ4n) is 4.16. The largest absolute Gasteiger partial charge is 0.455 e. The van der Waals surface area contributed by atoms with E-state index in [1.54, 1.807) is 12.3 Å². The van der Waals surface area contributed by atoms with Crippen molar-refractivity contribution in [3.63, 3.8) is 0 Å². The molecule has 0 unspecified atom stereocenters. The molecule has 152 valence electrons. The molecule has 0 spiro atoms. The number of aromatic nitrogens is 1. The highest BCUT2D eigenvalue weighted by atomic mass is 32.1. The molecule has 0 aliphatic heterocycles. The predicted octanol–water partition coefficient (Wildman–Crippen LogP) is 8.34. The van der Waals surface area contributed by atoms with E-state index >= 15 is 0 Å². The Morgan fingerprint density at radius 1 is 0.871 bits per heavy atom. The normalized spacial score (nSPS) is 12.5. The number of thiophene rings is 1. The van der Waals surface area contributed by atoms with Crippen LogP contribution in [0.1, 0.15) is 11.1 Å². The lowest BCUT2D eigenvalue weighted by Crippen LogP contribution is -2.03. The van der Waals surface area contributed by atoms with Gasteiger partial charge in [0.05, 0.1) is 16.0 Å². The quantitative estimate of drug-likeness (QED) is 0.260. The van der Waals surface area contributed by atoms with Crippen molar-refractivity contribution in [2.45, 2.75) is 13.1 Å². The van der Waals surface area contributed by atoms with E-state index in [0.717, 1.165) is 54.6 Å². The first-order valence-electron chi connectivity index (χ1n) is 9.71. The number of hydrogen-bond donors (Lipinski definition) is 0. The van der Waals surface area contributed by atoms with Crippen LogP contribution in [-0.4, -0.2) is 4.98 Å². The van der Waals surface area contributed by atoms with Crippen LogP contribution in [0.2, 0.25) is 0 Å². The van der Waals surface area contributed by atoms with Gasteiger partial charge in [0.1, 0.15) is 11.2 Å². The molecule has 0 saturated carbocycles. The third-order valence-corrected chi connectivity index (χ3v) is 6.80. The van der Waals surface area contributed by atoms with Crippen molar-refractivity contribution < 1.29 is 17.6 Å². The lowest BCUT2D eigenvalue weighted by molar-refractivity contribution is -0.137. The van der Waals surface area contributed by atoms with Crippen molar-refractivity contribution in [1.82, 2.24) is 4.98 Å². The van der Waals surface area contributed by atoms with E-state index in [1.165, 1.54) is 17.4 Å². The van der Waals surface area contributed by atoms with E-state index in [2.05, 4.69) is 4.98 Å². The molecule has 3 heterocycles. The first-order valence-corrected chi connectivity index (χ1v) is 10.5. The first-order chi connectivity index (χ1) is 14.9. The maximum Gasteiger partial charge on any atom is 0.416 e. The van der Waals surface area contributed by atoms with Crippen molar-refractivity contribution in [1.29, 1.82) is 0 Å². The molecule has 0 saturated heterocycles. The average Bonchev–Trinajstić information content (AvgIpc) is 3.30. The van der Waals surface area contributed by atoms with Crippen molar-refractivity contribution >= 4 is 53.4 Å². The number of benzene rings is 3. The zero-order valence-corrected chi connectivity index (χ0v) is 17.1. The number of nitrogens with zero attached hydrogens (tertiary/aromatic N) is 1. The molecule has 6 heteroatoms. The number of alkyl halides is 3. The lowest BCUT2D eigenvalue weighted by Gasteiger charge is -2.05. The molecular formula is C25H14F3NOS. The van der Waals surface area contributed by atoms with Crippen LogP contribution >= 0.6 is 11.3 Å². The Labute approximate surface area is 178 Å². The zero-order chi connectivity index (χ0) is 21.3. The van der Waals surface area contributed by atoms with E-state index < -0.39 is 11.7 Å². The summed E-state index contributed by atoms with van der Waals surface area (Å²) in [4.78, 5) is 4.61. The first kappa shape index (κ1) is 18.4. The highest BCUT2D eigenvalue weighted by molar-refractivity contribution is 7.26. The van der Waals surface area contributed by atoms with Crippen LogP contribution < -0.4 is 0 Å². The molecule has 3 aromatic heterocycles. The SMILES string of the molecule is Cc1ccc2c(c1)oc1c(-c3nccc4c3sc3cc(C(F)(F)F)ccc34)cccc12. The van der Waals surface area contributed by atoms with Gasteiger partial charge in [0.25, 0.3) is 0 Å². The van der Waals surface area contributed by atoms with Gasteiger partial charge in [0, 0.05) is 38.0 Å². The number of para-hydroxylation sites is 1. The summed E-state index contributed by atoms with van der Waals surface area (Å²) in [5.41, 5.74) is 3.56. The summed E-state index contributed by atoms with van der Waals surface area (Å²) in [5, 5.41) is 3.71. The standard InChI is InChI=1S/C25H14F3NOS/c1-13-5-7-15-17-3-2-4-19(23(17)30-20(15)11-13)22-24-18(9-10-29-22)16-8-6-14(25(26,27)28)12-21(16)31-24/h2-12H,1H3. The molecule has 3 aromatic carbocycles. The summed E-state index contributed by atoms with van der Waals surface area (Å²) >= 11 is 1.33. The molecule has 31 heavy (non-hydrogen) atoms. The highest BCUT2D eigenvalue weighted by Gasteiger charge is 2.31. The number of pyridine rings is 1. The van der Waals surface area contributed by atoms with Crippen LogP contribution in [0.15, 0.2) is 71.3 Å². The molecule has 6 aromatic rings. The molecular weight excluding hydrogens is 419 g/mol. The van der Waals surface area contributed by atoms with Crippen molar-refractivity contribution in [3.05, 3.63) is 78.0 Å². The topological polar surface area (TPSA) is 26.0 Å². The molecule has 0 N–H and O–H groups in total. The smallest absolute Gasteiger partial charge is 0.416 e. The molecule has 0 bridgehead atoms. The van der Waals surface area contributed by atoms with E-state index in [0.29, 0.717) is 10.4 Å². The van der Waals surface area contributed by atoms with Gasteiger partial charge in [0.15, 0.2) is 0 Å².